The summed E-state index contributed by atoms with van der Waals surface area (Å²) in [7, 11) is 1.04. The number of esters is 1. The van der Waals surface area contributed by atoms with Gasteiger partial charge < -0.3 is 14.9 Å². The highest BCUT2D eigenvalue weighted by Crippen LogP contribution is 2.23. The summed E-state index contributed by atoms with van der Waals surface area (Å²) >= 11 is 0. The lowest BCUT2D eigenvalue weighted by molar-refractivity contribution is -0.156. The summed E-state index contributed by atoms with van der Waals surface area (Å²) in [6.45, 7) is 1.23. The number of hydrogen-bond acceptors (Lipinski definition) is 5. The van der Waals surface area contributed by atoms with E-state index in [2.05, 4.69) is 4.74 Å². The molecule has 0 aliphatic rings. The molecule has 0 saturated carbocycles. The van der Waals surface area contributed by atoms with E-state index < -0.39 is 29.8 Å². The second-order valence-electron chi connectivity index (χ2n) is 3.70. The van der Waals surface area contributed by atoms with Crippen LogP contribution in [-0.2, 0) is 9.53 Å². The van der Waals surface area contributed by atoms with Gasteiger partial charge in [-0.15, -0.1) is 0 Å². The van der Waals surface area contributed by atoms with Crippen LogP contribution in [0.15, 0.2) is 18.2 Å². The Hall–Kier alpha value is -1.79. The molecule has 2 atom stereocenters. The first-order valence-corrected chi connectivity index (χ1v) is 5.12. The van der Waals surface area contributed by atoms with Crippen molar-refractivity contribution in [3.63, 3.8) is 0 Å². The van der Waals surface area contributed by atoms with Crippen molar-refractivity contribution < 1.29 is 28.9 Å². The predicted octanol–water partition coefficient (Wildman–Crippen LogP) is 0.596. The zero-order valence-electron chi connectivity index (χ0n) is 9.88. The number of ether oxygens (including phenoxy) is 1. The van der Waals surface area contributed by atoms with Crippen molar-refractivity contribution in [3.05, 3.63) is 35.1 Å². The van der Waals surface area contributed by atoms with Gasteiger partial charge in [-0.1, -0.05) is 0 Å². The number of benzene rings is 1. The van der Waals surface area contributed by atoms with Gasteiger partial charge in [0, 0.05) is 5.56 Å². The number of Topliss-reactive ketones (excluding diaryl/α,β-unsaturated/α-hetero) is 1. The molecule has 98 valence electrons. The summed E-state index contributed by atoms with van der Waals surface area (Å²) < 4.78 is 17.4. The summed E-state index contributed by atoms with van der Waals surface area (Å²) in [6, 6.07) is 3.13. The van der Waals surface area contributed by atoms with E-state index in [0.717, 1.165) is 19.2 Å². The van der Waals surface area contributed by atoms with Crippen LogP contribution in [0.4, 0.5) is 4.39 Å². The Morgan fingerprint density at radius 2 is 1.94 bits per heavy atom. The third kappa shape index (κ3) is 2.91. The Bertz CT molecular complexity index is 472. The number of ketones is 1. The highest BCUT2D eigenvalue weighted by atomic mass is 19.1. The van der Waals surface area contributed by atoms with Crippen molar-refractivity contribution >= 4 is 11.8 Å². The van der Waals surface area contributed by atoms with Gasteiger partial charge in [-0.2, -0.15) is 0 Å². The minimum Gasteiger partial charge on any atom is -0.467 e. The van der Waals surface area contributed by atoms with Gasteiger partial charge in [0.25, 0.3) is 0 Å². The maximum atomic E-state index is 13.1. The Morgan fingerprint density at radius 3 is 2.44 bits per heavy atom. The maximum absolute atomic E-state index is 13.1. The van der Waals surface area contributed by atoms with Crippen LogP contribution in [0.1, 0.15) is 28.9 Å². The molecule has 6 heteroatoms. The third-order valence-corrected chi connectivity index (χ3v) is 2.45. The molecule has 18 heavy (non-hydrogen) atoms. The second-order valence-corrected chi connectivity index (χ2v) is 3.70. The van der Waals surface area contributed by atoms with Gasteiger partial charge in [0.2, 0.25) is 0 Å². The Morgan fingerprint density at radius 1 is 1.33 bits per heavy atom. The molecular formula is C12H13FO5. The van der Waals surface area contributed by atoms with E-state index in [0.29, 0.717) is 0 Å². The van der Waals surface area contributed by atoms with E-state index in [4.69, 9.17) is 0 Å². The van der Waals surface area contributed by atoms with Crippen LogP contribution >= 0.6 is 0 Å². The van der Waals surface area contributed by atoms with Crippen molar-refractivity contribution in [3.8, 4) is 0 Å². The quantitative estimate of drug-likeness (QED) is 0.608. The molecule has 0 spiro atoms. The number of hydrogen-bond donors (Lipinski definition) is 2. The number of methoxy groups -OCH3 is 1. The average molecular weight is 256 g/mol. The fraction of sp³-hybridized carbons (Fsp3) is 0.333. The second kappa shape index (κ2) is 5.70. The predicted molar refractivity (Wildman–Crippen MR) is 59.4 cm³/mol. The molecule has 0 aliphatic heterocycles. The van der Waals surface area contributed by atoms with E-state index in [-0.39, 0.29) is 11.1 Å². The zero-order valence-corrected chi connectivity index (χ0v) is 9.88. The van der Waals surface area contributed by atoms with Gasteiger partial charge in [-0.05, 0) is 30.7 Å². The molecule has 0 bridgehead atoms. The van der Waals surface area contributed by atoms with Crippen LogP contribution in [0.5, 0.6) is 0 Å². The van der Waals surface area contributed by atoms with Crippen molar-refractivity contribution in [2.45, 2.75) is 19.1 Å². The van der Waals surface area contributed by atoms with Crippen LogP contribution in [0, 0.1) is 5.82 Å². The molecule has 0 saturated heterocycles. The van der Waals surface area contributed by atoms with Crippen molar-refractivity contribution in [2.24, 2.45) is 0 Å². The van der Waals surface area contributed by atoms with Crippen LogP contribution in [0.2, 0.25) is 0 Å². The molecule has 1 aromatic carbocycles. The van der Waals surface area contributed by atoms with E-state index in [9.17, 15) is 24.2 Å². The van der Waals surface area contributed by atoms with Gasteiger partial charge >= 0.3 is 5.97 Å². The third-order valence-electron chi connectivity index (χ3n) is 2.45. The molecule has 2 unspecified atom stereocenters. The number of aliphatic hydroxyl groups is 2. The minimum atomic E-state index is -1.88. The molecule has 0 radical (unpaired) electrons. The van der Waals surface area contributed by atoms with Gasteiger partial charge in [0.1, 0.15) is 11.9 Å². The lowest BCUT2D eigenvalue weighted by Gasteiger charge is -2.18. The van der Waals surface area contributed by atoms with E-state index in [1.54, 1.807) is 0 Å². The summed E-state index contributed by atoms with van der Waals surface area (Å²) in [6.07, 6.45) is -3.61. The molecule has 0 aromatic heterocycles. The largest absolute Gasteiger partial charge is 0.467 e. The Kier molecular flexibility index (Phi) is 4.52. The van der Waals surface area contributed by atoms with Gasteiger partial charge in [-0.3, -0.25) is 4.79 Å². The fourth-order valence-corrected chi connectivity index (χ4v) is 1.52. The van der Waals surface area contributed by atoms with E-state index in [1.807, 2.05) is 0 Å². The number of rotatable bonds is 4. The fourth-order valence-electron chi connectivity index (χ4n) is 1.52. The molecule has 0 aliphatic carbocycles. The van der Waals surface area contributed by atoms with Gasteiger partial charge in [0.05, 0.1) is 7.11 Å². The number of carbonyl (C=O) groups excluding carboxylic acids is 2. The summed E-state index contributed by atoms with van der Waals surface area (Å²) in [5.74, 6) is -2.17. The van der Waals surface area contributed by atoms with Crippen molar-refractivity contribution in [2.75, 3.05) is 7.11 Å². The topological polar surface area (TPSA) is 83.8 Å². The van der Waals surface area contributed by atoms with Gasteiger partial charge in [0.15, 0.2) is 11.9 Å². The van der Waals surface area contributed by atoms with Crippen LogP contribution < -0.4 is 0 Å². The minimum absolute atomic E-state index is 0.0341. The molecule has 0 amide bonds. The number of aliphatic hydroxyl groups excluding tert-OH is 2. The first-order valence-electron chi connectivity index (χ1n) is 5.12. The zero-order chi connectivity index (χ0) is 13.9. The normalized spacial score (nSPS) is 13.8. The molecule has 1 aromatic rings. The smallest absolute Gasteiger partial charge is 0.337 e. The highest BCUT2D eigenvalue weighted by molar-refractivity contribution is 5.95. The summed E-state index contributed by atoms with van der Waals surface area (Å²) in [5.41, 5.74) is -0.118. The van der Waals surface area contributed by atoms with E-state index in [1.165, 1.54) is 13.0 Å². The summed E-state index contributed by atoms with van der Waals surface area (Å²) in [5, 5.41) is 19.3. The van der Waals surface area contributed by atoms with Crippen molar-refractivity contribution in [1.82, 2.24) is 0 Å². The Balaban J connectivity index is 3.18. The average Bonchev–Trinajstić information content (AvgIpc) is 2.35. The number of carbonyl (C=O) groups is 2. The molecule has 5 nitrogen and oxygen atoms in total. The summed E-state index contributed by atoms with van der Waals surface area (Å²) in [4.78, 5) is 22.4. The lowest BCUT2D eigenvalue weighted by Crippen LogP contribution is -2.30. The molecule has 1 rings (SSSR count). The first kappa shape index (κ1) is 14.3. The molecule has 0 fully saturated rings. The maximum Gasteiger partial charge on any atom is 0.337 e. The number of halogens is 1. The SMILES string of the molecule is COC(=O)C(O)C(O)c1cc(F)ccc1C(C)=O. The van der Waals surface area contributed by atoms with E-state index >= 15 is 0 Å². The highest BCUT2D eigenvalue weighted by Gasteiger charge is 2.29. The van der Waals surface area contributed by atoms with Crippen LogP contribution in [0.3, 0.4) is 0 Å². The Labute approximate surface area is 103 Å². The van der Waals surface area contributed by atoms with Gasteiger partial charge in [-0.25, -0.2) is 9.18 Å². The molecule has 0 heterocycles. The molecular weight excluding hydrogens is 243 g/mol. The standard InChI is InChI=1S/C12H13FO5/c1-6(14)8-4-3-7(13)5-9(8)10(15)11(16)12(17)18-2/h3-5,10-11,15-16H,1-2H3. The van der Waals surface area contributed by atoms with Crippen LogP contribution in [-0.4, -0.2) is 35.2 Å². The molecule has 2 N–H and O–H groups in total. The lowest BCUT2D eigenvalue weighted by atomic mass is 9.96. The van der Waals surface area contributed by atoms with Crippen molar-refractivity contribution in [1.29, 1.82) is 0 Å². The van der Waals surface area contributed by atoms with Crippen LogP contribution in [0.25, 0.3) is 0 Å². The monoisotopic (exact) mass is 256 g/mol. The first-order chi connectivity index (χ1) is 8.38.